The highest BCUT2D eigenvalue weighted by Gasteiger charge is 2.32. The van der Waals surface area contributed by atoms with Crippen molar-refractivity contribution in [3.05, 3.63) is 65.6 Å². The van der Waals surface area contributed by atoms with Crippen LogP contribution in [0.25, 0.3) is 11.3 Å². The molecule has 2 aromatic heterocycles. The number of aromatic nitrogens is 2. The average molecular weight is 406 g/mol. The van der Waals surface area contributed by atoms with Gasteiger partial charge in [-0.05, 0) is 23.8 Å². The highest BCUT2D eigenvalue weighted by Crippen LogP contribution is 2.35. The SMILES string of the molecule is COC(=O)c1cc(OCc2ccc(OC)cc2)c(-c2cc(C(F)(F)F)c[nH]2)cn1. The Morgan fingerprint density at radius 2 is 1.86 bits per heavy atom. The van der Waals surface area contributed by atoms with Gasteiger partial charge in [0.25, 0.3) is 0 Å². The number of carbonyl (C=O) groups is 1. The van der Waals surface area contributed by atoms with Crippen LogP contribution in [0.5, 0.6) is 11.5 Å². The van der Waals surface area contributed by atoms with E-state index in [1.165, 1.54) is 19.4 Å². The molecule has 0 spiro atoms. The smallest absolute Gasteiger partial charge is 0.417 e. The first-order chi connectivity index (χ1) is 13.8. The Bertz CT molecular complexity index is 998. The number of hydrogen-bond donors (Lipinski definition) is 1. The van der Waals surface area contributed by atoms with Crippen LogP contribution < -0.4 is 9.47 Å². The van der Waals surface area contributed by atoms with E-state index >= 15 is 0 Å². The van der Waals surface area contributed by atoms with Crippen molar-refractivity contribution >= 4 is 5.97 Å². The van der Waals surface area contributed by atoms with Crippen LogP contribution in [0.4, 0.5) is 13.2 Å². The second-order valence-electron chi connectivity index (χ2n) is 5.99. The Labute approximate surface area is 164 Å². The second-order valence-corrected chi connectivity index (χ2v) is 5.99. The lowest BCUT2D eigenvalue weighted by Crippen LogP contribution is -2.06. The first-order valence-electron chi connectivity index (χ1n) is 8.42. The van der Waals surface area contributed by atoms with Crippen LogP contribution in [-0.4, -0.2) is 30.2 Å². The number of carbonyl (C=O) groups excluding carboxylic acids is 1. The molecule has 0 fully saturated rings. The maximum absolute atomic E-state index is 12.9. The fourth-order valence-electron chi connectivity index (χ4n) is 2.57. The third-order valence-electron chi connectivity index (χ3n) is 4.11. The number of pyridine rings is 1. The first-order valence-corrected chi connectivity index (χ1v) is 8.42. The number of halogens is 3. The molecular weight excluding hydrogens is 389 g/mol. The molecule has 0 saturated carbocycles. The van der Waals surface area contributed by atoms with Gasteiger partial charge in [0.05, 0.1) is 31.0 Å². The van der Waals surface area contributed by atoms with Crippen molar-refractivity contribution < 1.29 is 32.2 Å². The number of benzene rings is 1. The van der Waals surface area contributed by atoms with E-state index in [2.05, 4.69) is 14.7 Å². The monoisotopic (exact) mass is 406 g/mol. The number of H-pyrrole nitrogens is 1. The molecule has 0 unspecified atom stereocenters. The van der Waals surface area contributed by atoms with Crippen LogP contribution in [-0.2, 0) is 17.5 Å². The van der Waals surface area contributed by atoms with E-state index in [9.17, 15) is 18.0 Å². The van der Waals surface area contributed by atoms with Crippen LogP contribution >= 0.6 is 0 Å². The van der Waals surface area contributed by atoms with Crippen molar-refractivity contribution in [2.24, 2.45) is 0 Å². The molecule has 1 aromatic carbocycles. The predicted octanol–water partition coefficient (Wildman–Crippen LogP) is 4.47. The van der Waals surface area contributed by atoms with Crippen LogP contribution in [0, 0.1) is 0 Å². The van der Waals surface area contributed by atoms with Crippen LogP contribution in [0.1, 0.15) is 21.6 Å². The summed E-state index contributed by atoms with van der Waals surface area (Å²) in [5.41, 5.74) is 0.387. The van der Waals surface area contributed by atoms with Gasteiger partial charge in [0, 0.05) is 18.5 Å². The number of hydrogen-bond acceptors (Lipinski definition) is 5. The number of methoxy groups -OCH3 is 2. The summed E-state index contributed by atoms with van der Waals surface area (Å²) in [4.78, 5) is 18.3. The Morgan fingerprint density at radius 3 is 2.45 bits per heavy atom. The van der Waals surface area contributed by atoms with Crippen LogP contribution in [0.2, 0.25) is 0 Å². The molecule has 1 N–H and O–H groups in total. The number of nitrogens with zero attached hydrogens (tertiary/aromatic N) is 1. The van der Waals surface area contributed by atoms with Gasteiger partial charge in [0.1, 0.15) is 18.1 Å². The molecule has 152 valence electrons. The third-order valence-corrected chi connectivity index (χ3v) is 4.11. The summed E-state index contributed by atoms with van der Waals surface area (Å²) in [5.74, 6) is 0.178. The summed E-state index contributed by atoms with van der Waals surface area (Å²) in [5, 5.41) is 0. The maximum Gasteiger partial charge on any atom is 0.417 e. The molecule has 0 bridgehead atoms. The zero-order valence-corrected chi connectivity index (χ0v) is 15.5. The summed E-state index contributed by atoms with van der Waals surface area (Å²) in [6.07, 6.45) is -2.36. The fraction of sp³-hybridized carbons (Fsp3) is 0.200. The molecule has 3 aromatic rings. The number of nitrogens with one attached hydrogen (secondary N) is 1. The minimum absolute atomic E-state index is 0.0245. The summed E-state index contributed by atoms with van der Waals surface area (Å²) in [6.45, 7) is 0.120. The lowest BCUT2D eigenvalue weighted by atomic mass is 10.1. The average Bonchev–Trinajstić information content (AvgIpc) is 3.22. The van der Waals surface area contributed by atoms with E-state index < -0.39 is 17.7 Å². The molecule has 0 amide bonds. The highest BCUT2D eigenvalue weighted by atomic mass is 19.4. The Morgan fingerprint density at radius 1 is 1.14 bits per heavy atom. The van der Waals surface area contributed by atoms with Crippen molar-refractivity contribution in [2.75, 3.05) is 14.2 Å². The molecule has 3 rings (SSSR count). The Hall–Kier alpha value is -3.49. The van der Waals surface area contributed by atoms with Gasteiger partial charge in [-0.3, -0.25) is 0 Å². The van der Waals surface area contributed by atoms with E-state index in [-0.39, 0.29) is 29.3 Å². The van der Waals surface area contributed by atoms with E-state index in [0.717, 1.165) is 17.8 Å². The van der Waals surface area contributed by atoms with Gasteiger partial charge in [-0.15, -0.1) is 0 Å². The van der Waals surface area contributed by atoms with Crippen LogP contribution in [0.15, 0.2) is 48.8 Å². The summed E-state index contributed by atoms with van der Waals surface area (Å²) in [6, 6.07) is 9.38. The third kappa shape index (κ3) is 4.68. The topological polar surface area (TPSA) is 73.4 Å². The first kappa shape index (κ1) is 20.2. The van der Waals surface area contributed by atoms with Crippen molar-refractivity contribution in [2.45, 2.75) is 12.8 Å². The van der Waals surface area contributed by atoms with Gasteiger partial charge in [-0.1, -0.05) is 12.1 Å². The molecule has 0 radical (unpaired) electrons. The normalized spacial score (nSPS) is 11.2. The zero-order valence-electron chi connectivity index (χ0n) is 15.5. The predicted molar refractivity (Wildman–Crippen MR) is 97.7 cm³/mol. The molecule has 2 heterocycles. The van der Waals surface area contributed by atoms with Crippen molar-refractivity contribution in [1.82, 2.24) is 9.97 Å². The Kier molecular flexibility index (Phi) is 5.76. The number of rotatable bonds is 6. The molecule has 0 aliphatic heterocycles. The summed E-state index contributed by atoms with van der Waals surface area (Å²) >= 11 is 0. The fourth-order valence-corrected chi connectivity index (χ4v) is 2.57. The largest absolute Gasteiger partial charge is 0.497 e. The van der Waals surface area contributed by atoms with Gasteiger partial charge in [-0.2, -0.15) is 13.2 Å². The number of aromatic amines is 1. The minimum atomic E-state index is -4.49. The standard InChI is InChI=1S/C20H17F3N2O4/c1-27-14-5-3-12(4-6-14)11-29-18-8-17(19(26)28-2)25-10-15(18)16-7-13(9-24-16)20(21,22)23/h3-10,24H,11H2,1-2H3. The second kappa shape index (κ2) is 8.26. The number of esters is 1. The molecule has 0 aliphatic rings. The number of ether oxygens (including phenoxy) is 3. The lowest BCUT2D eigenvalue weighted by molar-refractivity contribution is -0.137. The zero-order chi connectivity index (χ0) is 21.0. The molecular formula is C20H17F3N2O4. The molecule has 0 aliphatic carbocycles. The number of alkyl halides is 3. The van der Waals surface area contributed by atoms with Crippen molar-refractivity contribution in [3.8, 4) is 22.8 Å². The quantitative estimate of drug-likeness (QED) is 0.612. The van der Waals surface area contributed by atoms with Gasteiger partial charge in [-0.25, -0.2) is 9.78 Å². The minimum Gasteiger partial charge on any atom is -0.497 e. The molecule has 0 saturated heterocycles. The van der Waals surface area contributed by atoms with E-state index in [1.54, 1.807) is 31.4 Å². The summed E-state index contributed by atoms with van der Waals surface area (Å²) in [7, 11) is 2.76. The van der Waals surface area contributed by atoms with E-state index in [4.69, 9.17) is 9.47 Å². The van der Waals surface area contributed by atoms with E-state index in [0.29, 0.717) is 5.75 Å². The highest BCUT2D eigenvalue weighted by molar-refractivity contribution is 5.88. The van der Waals surface area contributed by atoms with Crippen molar-refractivity contribution in [3.63, 3.8) is 0 Å². The van der Waals surface area contributed by atoms with Gasteiger partial charge < -0.3 is 19.2 Å². The lowest BCUT2D eigenvalue weighted by Gasteiger charge is -2.12. The molecule has 9 heteroatoms. The van der Waals surface area contributed by atoms with E-state index in [1.807, 2.05) is 0 Å². The van der Waals surface area contributed by atoms with Crippen LogP contribution in [0.3, 0.4) is 0 Å². The van der Waals surface area contributed by atoms with Crippen molar-refractivity contribution in [1.29, 1.82) is 0 Å². The molecule has 6 nitrogen and oxygen atoms in total. The van der Waals surface area contributed by atoms with Gasteiger partial charge in [0.2, 0.25) is 0 Å². The molecule has 0 atom stereocenters. The molecule has 29 heavy (non-hydrogen) atoms. The van der Waals surface area contributed by atoms with Gasteiger partial charge >= 0.3 is 12.1 Å². The maximum atomic E-state index is 12.9. The Balaban J connectivity index is 1.93. The summed E-state index contributed by atoms with van der Waals surface area (Å²) < 4.78 is 54.3. The van der Waals surface area contributed by atoms with Gasteiger partial charge in [0.15, 0.2) is 5.69 Å².